The third-order valence-electron chi connectivity index (χ3n) is 5.51. The predicted octanol–water partition coefficient (Wildman–Crippen LogP) is 2.05. The maximum Gasteiger partial charge on any atom is -0.0113 e. The third-order valence-corrected chi connectivity index (χ3v) is 5.51. The summed E-state index contributed by atoms with van der Waals surface area (Å²) in [5, 5.41) is 0. The molecule has 0 aromatic rings. The van der Waals surface area contributed by atoms with Crippen molar-refractivity contribution in [2.75, 3.05) is 0 Å². The van der Waals surface area contributed by atoms with Crippen LogP contribution in [0.2, 0.25) is 0 Å². The summed E-state index contributed by atoms with van der Waals surface area (Å²) in [6.07, 6.45) is 3.19. The third kappa shape index (κ3) is 0.120. The lowest BCUT2D eigenvalue weighted by molar-refractivity contribution is 0.125. The Balaban J connectivity index is 1.96. The average Bonchev–Trinajstić information content (AvgIpc) is 2.53. The van der Waals surface area contributed by atoms with E-state index in [-0.39, 0.29) is 0 Å². The molecule has 5 unspecified atom stereocenters. The Hall–Kier alpha value is 0. The molecule has 48 valence electrons. The fourth-order valence-electron chi connectivity index (χ4n) is 5.22. The molecule has 2 spiro atoms. The molecule has 0 aliphatic heterocycles. The van der Waals surface area contributed by atoms with Crippen molar-refractivity contribution in [1.29, 1.82) is 0 Å². The Morgan fingerprint density at radius 2 is 2.22 bits per heavy atom. The van der Waals surface area contributed by atoms with E-state index in [4.69, 9.17) is 0 Å². The summed E-state index contributed by atoms with van der Waals surface area (Å²) in [6.45, 7) is 4.97. The van der Waals surface area contributed by atoms with Gasteiger partial charge >= 0.3 is 0 Å². The quantitative estimate of drug-likeness (QED) is 0.459. The largest absolute Gasteiger partial charge is 0.0619 e. The van der Waals surface area contributed by atoms with Gasteiger partial charge in [-0.3, -0.25) is 0 Å². The minimum atomic E-state index is 0.919. The molecule has 4 aliphatic rings. The zero-order chi connectivity index (χ0) is 6.07. The molecule has 0 radical (unpaired) electrons. The molecule has 0 heteroatoms. The SMILES string of the molecule is CC1CC2C34CC3(C)C124. The van der Waals surface area contributed by atoms with Gasteiger partial charge in [0.05, 0.1) is 0 Å². The first-order valence-electron chi connectivity index (χ1n) is 4.22. The fourth-order valence-corrected chi connectivity index (χ4v) is 5.22. The van der Waals surface area contributed by atoms with Gasteiger partial charge in [-0.15, -0.1) is 0 Å². The van der Waals surface area contributed by atoms with Gasteiger partial charge in [-0.2, -0.15) is 0 Å². The van der Waals surface area contributed by atoms with Crippen molar-refractivity contribution in [1.82, 2.24) is 0 Å². The van der Waals surface area contributed by atoms with Gasteiger partial charge in [-0.25, -0.2) is 0 Å². The number of hydrogen-bond acceptors (Lipinski definition) is 0. The zero-order valence-electron chi connectivity index (χ0n) is 6.07. The molecule has 0 bridgehead atoms. The standard InChI is InChI=1S/C9H12/c1-5-3-6-8-4-7(8,2)9(5,6)8/h5-6H,3-4H2,1-2H3. The summed E-state index contributed by atoms with van der Waals surface area (Å²) >= 11 is 0. The van der Waals surface area contributed by atoms with Gasteiger partial charge in [0.1, 0.15) is 0 Å². The summed E-state index contributed by atoms with van der Waals surface area (Å²) in [5.74, 6) is 2.35. The predicted molar refractivity (Wildman–Crippen MR) is 34.9 cm³/mol. The van der Waals surface area contributed by atoms with Gasteiger partial charge in [0.15, 0.2) is 0 Å². The van der Waals surface area contributed by atoms with Gasteiger partial charge < -0.3 is 0 Å². The fraction of sp³-hybridized carbons (Fsp3) is 1.00. The Morgan fingerprint density at radius 3 is 2.33 bits per heavy atom. The van der Waals surface area contributed by atoms with Crippen LogP contribution in [-0.2, 0) is 0 Å². The smallest absolute Gasteiger partial charge is 0.0113 e. The summed E-state index contributed by atoms with van der Waals surface area (Å²) in [7, 11) is 0. The molecular formula is C9H12. The maximum absolute atomic E-state index is 2.51. The lowest BCUT2D eigenvalue weighted by Crippen LogP contribution is -2.29. The normalized spacial score (nSPS) is 94.0. The monoisotopic (exact) mass is 120 g/mol. The van der Waals surface area contributed by atoms with Gasteiger partial charge in [-0.1, -0.05) is 13.8 Å². The van der Waals surface area contributed by atoms with Crippen LogP contribution >= 0.6 is 0 Å². The van der Waals surface area contributed by atoms with E-state index in [9.17, 15) is 0 Å². The molecule has 0 N–H and O–H groups in total. The molecule has 9 heavy (non-hydrogen) atoms. The van der Waals surface area contributed by atoms with Crippen molar-refractivity contribution < 1.29 is 0 Å². The highest BCUT2D eigenvalue weighted by Crippen LogP contribution is 3.21. The number of hydrogen-bond donors (Lipinski definition) is 0. The van der Waals surface area contributed by atoms with Crippen LogP contribution in [0.25, 0.3) is 0 Å². The molecule has 0 nitrogen and oxygen atoms in total. The van der Waals surface area contributed by atoms with Crippen molar-refractivity contribution in [3.8, 4) is 0 Å². The molecule has 5 atom stereocenters. The molecule has 0 aromatic heterocycles. The molecule has 0 aromatic carbocycles. The highest BCUT2D eigenvalue weighted by atomic mass is 15.2. The second-order valence-corrected chi connectivity index (χ2v) is 5.04. The second-order valence-electron chi connectivity index (χ2n) is 5.04. The minimum absolute atomic E-state index is 0.919. The van der Waals surface area contributed by atoms with Crippen LogP contribution in [0.1, 0.15) is 26.7 Å². The van der Waals surface area contributed by atoms with Crippen molar-refractivity contribution in [2.45, 2.75) is 26.7 Å². The summed E-state index contributed by atoms with van der Waals surface area (Å²) in [4.78, 5) is 0. The van der Waals surface area contributed by atoms with Gasteiger partial charge in [0, 0.05) is 0 Å². The van der Waals surface area contributed by atoms with Crippen molar-refractivity contribution >= 4 is 0 Å². The van der Waals surface area contributed by atoms with Crippen LogP contribution in [-0.4, -0.2) is 0 Å². The highest BCUT2D eigenvalue weighted by Gasteiger charge is 3.17. The Bertz CT molecular complexity index is 238. The molecule has 4 aliphatic carbocycles. The lowest BCUT2D eigenvalue weighted by Gasteiger charge is -2.35. The number of rotatable bonds is 0. The van der Waals surface area contributed by atoms with Crippen LogP contribution in [0.5, 0.6) is 0 Å². The van der Waals surface area contributed by atoms with E-state index < -0.39 is 0 Å². The molecule has 4 saturated carbocycles. The molecule has 0 saturated heterocycles. The highest BCUT2D eigenvalue weighted by molar-refractivity contribution is 5.64. The first kappa shape index (κ1) is 4.00. The van der Waals surface area contributed by atoms with E-state index in [2.05, 4.69) is 13.8 Å². The van der Waals surface area contributed by atoms with Crippen molar-refractivity contribution in [2.24, 2.45) is 28.1 Å². The van der Waals surface area contributed by atoms with Crippen molar-refractivity contribution in [3.63, 3.8) is 0 Å². The molecule has 4 rings (SSSR count). The van der Waals surface area contributed by atoms with E-state index >= 15 is 0 Å². The Kier molecular flexibility index (Phi) is 0.258. The van der Waals surface area contributed by atoms with Crippen LogP contribution in [0, 0.1) is 28.1 Å². The second kappa shape index (κ2) is 0.580. The maximum atomic E-state index is 2.51. The summed E-state index contributed by atoms with van der Waals surface area (Å²) in [5.41, 5.74) is 2.90. The van der Waals surface area contributed by atoms with E-state index in [1.54, 1.807) is 12.8 Å². The van der Waals surface area contributed by atoms with E-state index in [1.807, 2.05) is 0 Å². The van der Waals surface area contributed by atoms with Crippen LogP contribution < -0.4 is 0 Å². The van der Waals surface area contributed by atoms with E-state index in [0.717, 1.165) is 22.2 Å². The topological polar surface area (TPSA) is 0 Å². The molecule has 0 amide bonds. The van der Waals surface area contributed by atoms with Gasteiger partial charge in [-0.05, 0) is 40.9 Å². The Morgan fingerprint density at radius 1 is 1.44 bits per heavy atom. The Labute approximate surface area is 55.6 Å². The first-order valence-corrected chi connectivity index (χ1v) is 4.22. The van der Waals surface area contributed by atoms with Crippen molar-refractivity contribution in [3.05, 3.63) is 0 Å². The lowest BCUT2D eigenvalue weighted by atomic mass is 9.69. The van der Waals surface area contributed by atoms with Gasteiger partial charge in [0.2, 0.25) is 0 Å². The molecule has 4 fully saturated rings. The summed E-state index contributed by atoms with van der Waals surface area (Å²) < 4.78 is 0. The molecule has 0 heterocycles. The summed E-state index contributed by atoms with van der Waals surface area (Å²) in [6, 6.07) is 0. The van der Waals surface area contributed by atoms with Crippen LogP contribution in [0.15, 0.2) is 0 Å². The van der Waals surface area contributed by atoms with Gasteiger partial charge in [0.25, 0.3) is 0 Å². The zero-order valence-corrected chi connectivity index (χ0v) is 6.07. The molecular weight excluding hydrogens is 108 g/mol. The van der Waals surface area contributed by atoms with E-state index in [1.165, 1.54) is 5.92 Å². The first-order chi connectivity index (χ1) is 4.22. The van der Waals surface area contributed by atoms with E-state index in [0.29, 0.717) is 0 Å². The average molecular weight is 120 g/mol. The van der Waals surface area contributed by atoms with Crippen LogP contribution in [0.4, 0.5) is 0 Å². The van der Waals surface area contributed by atoms with Crippen LogP contribution in [0.3, 0.4) is 0 Å². The minimum Gasteiger partial charge on any atom is -0.0619 e.